The third-order valence-electron chi connectivity index (χ3n) is 3.31. The van der Waals surface area contributed by atoms with Crippen LogP contribution in [0.15, 0.2) is 24.3 Å². The molecule has 5 nitrogen and oxygen atoms in total. The van der Waals surface area contributed by atoms with E-state index in [0.29, 0.717) is 17.3 Å². The summed E-state index contributed by atoms with van der Waals surface area (Å²) in [6, 6.07) is 7.15. The van der Waals surface area contributed by atoms with Crippen LogP contribution < -0.4 is 10.1 Å². The highest BCUT2D eigenvalue weighted by atomic mass is 32.1. The van der Waals surface area contributed by atoms with Gasteiger partial charge >= 0.3 is 0 Å². The van der Waals surface area contributed by atoms with Crippen LogP contribution in [-0.2, 0) is 6.42 Å². The Morgan fingerprint density at radius 1 is 1.13 bits per heavy atom. The van der Waals surface area contributed by atoms with Crippen molar-refractivity contribution in [3.8, 4) is 5.75 Å². The van der Waals surface area contributed by atoms with Crippen molar-refractivity contribution in [1.82, 2.24) is 10.2 Å². The molecule has 1 aromatic heterocycles. The molecule has 0 saturated heterocycles. The molecular weight excluding hydrogens is 310 g/mol. The first-order valence-electron chi connectivity index (χ1n) is 8.09. The molecule has 0 saturated carbocycles. The molecule has 0 atom stereocenters. The number of hydrogen-bond acceptors (Lipinski definition) is 5. The summed E-state index contributed by atoms with van der Waals surface area (Å²) in [7, 11) is 0. The van der Waals surface area contributed by atoms with Crippen LogP contribution in [0, 0.1) is 0 Å². The van der Waals surface area contributed by atoms with Crippen LogP contribution >= 0.6 is 11.3 Å². The van der Waals surface area contributed by atoms with Gasteiger partial charge in [-0.15, -0.1) is 10.2 Å². The Balaban J connectivity index is 1.88. The average Bonchev–Trinajstić information content (AvgIpc) is 3.01. The van der Waals surface area contributed by atoms with Gasteiger partial charge in [-0.2, -0.15) is 0 Å². The third kappa shape index (κ3) is 5.63. The molecule has 1 aromatic carbocycles. The number of carbonyl (C=O) groups excluding carboxylic acids is 1. The van der Waals surface area contributed by atoms with Crippen molar-refractivity contribution in [2.24, 2.45) is 0 Å². The van der Waals surface area contributed by atoms with E-state index in [1.165, 1.54) is 11.3 Å². The summed E-state index contributed by atoms with van der Waals surface area (Å²) < 4.78 is 5.59. The predicted octanol–water partition coefficient (Wildman–Crippen LogP) is 4.31. The second kappa shape index (κ2) is 9.25. The number of amides is 1. The molecule has 0 unspecified atom stereocenters. The van der Waals surface area contributed by atoms with Gasteiger partial charge in [0.1, 0.15) is 10.8 Å². The van der Waals surface area contributed by atoms with E-state index in [1.54, 1.807) is 12.1 Å². The third-order valence-corrected chi connectivity index (χ3v) is 4.21. The van der Waals surface area contributed by atoms with Crippen LogP contribution in [0.5, 0.6) is 5.75 Å². The molecule has 0 spiro atoms. The van der Waals surface area contributed by atoms with Crippen LogP contribution in [0.3, 0.4) is 0 Å². The lowest BCUT2D eigenvalue weighted by Gasteiger charge is -2.06. The first-order valence-corrected chi connectivity index (χ1v) is 8.91. The Kier molecular flexibility index (Phi) is 7.00. The van der Waals surface area contributed by atoms with Gasteiger partial charge in [0.2, 0.25) is 5.13 Å². The quantitative estimate of drug-likeness (QED) is 0.694. The molecule has 0 fully saturated rings. The Morgan fingerprint density at radius 2 is 1.87 bits per heavy atom. The number of aryl methyl sites for hydroxylation is 1. The molecule has 124 valence electrons. The van der Waals surface area contributed by atoms with E-state index < -0.39 is 0 Å². The molecule has 23 heavy (non-hydrogen) atoms. The lowest BCUT2D eigenvalue weighted by Crippen LogP contribution is -2.11. The number of nitrogens with one attached hydrogen (secondary N) is 1. The maximum absolute atomic E-state index is 12.2. The monoisotopic (exact) mass is 333 g/mol. The van der Waals surface area contributed by atoms with E-state index in [0.717, 1.165) is 42.9 Å². The van der Waals surface area contributed by atoms with Crippen LogP contribution in [0.2, 0.25) is 0 Å². The van der Waals surface area contributed by atoms with Crippen molar-refractivity contribution in [3.63, 3.8) is 0 Å². The molecule has 1 N–H and O–H groups in total. The lowest BCUT2D eigenvalue weighted by atomic mass is 10.2. The SMILES string of the molecule is CCCCOc1ccc(C(=O)Nc2nnc(CCCC)s2)cc1. The zero-order valence-corrected chi connectivity index (χ0v) is 14.5. The summed E-state index contributed by atoms with van der Waals surface area (Å²) in [5.41, 5.74) is 0.582. The van der Waals surface area contributed by atoms with E-state index in [4.69, 9.17) is 4.74 Å². The first kappa shape index (κ1) is 17.4. The highest BCUT2D eigenvalue weighted by Gasteiger charge is 2.10. The fourth-order valence-electron chi connectivity index (χ4n) is 1.94. The molecular formula is C17H23N3O2S. The van der Waals surface area contributed by atoms with E-state index in [1.807, 2.05) is 12.1 Å². The Hall–Kier alpha value is -1.95. The van der Waals surface area contributed by atoms with Crippen LogP contribution in [0.1, 0.15) is 54.9 Å². The molecule has 2 aromatic rings. The standard InChI is InChI=1S/C17H23N3O2S/c1-3-5-7-15-19-20-17(23-15)18-16(21)13-8-10-14(11-9-13)22-12-6-4-2/h8-11H,3-7,12H2,1-2H3,(H,18,20,21). The summed E-state index contributed by atoms with van der Waals surface area (Å²) in [5.74, 6) is 0.607. The average molecular weight is 333 g/mol. The van der Waals surface area contributed by atoms with Gasteiger partial charge in [0.25, 0.3) is 5.91 Å². The number of hydrogen-bond donors (Lipinski definition) is 1. The van der Waals surface area contributed by atoms with Crippen molar-refractivity contribution in [3.05, 3.63) is 34.8 Å². The van der Waals surface area contributed by atoms with E-state index in [-0.39, 0.29) is 5.91 Å². The van der Waals surface area contributed by atoms with E-state index in [2.05, 4.69) is 29.4 Å². The second-order valence-electron chi connectivity index (χ2n) is 5.29. The number of aromatic nitrogens is 2. The van der Waals surface area contributed by atoms with Gasteiger partial charge in [-0.25, -0.2) is 0 Å². The largest absolute Gasteiger partial charge is 0.494 e. The fraction of sp³-hybridized carbons (Fsp3) is 0.471. The number of anilines is 1. The summed E-state index contributed by atoms with van der Waals surface area (Å²) in [6.07, 6.45) is 5.24. The van der Waals surface area contributed by atoms with Crippen molar-refractivity contribution in [1.29, 1.82) is 0 Å². The smallest absolute Gasteiger partial charge is 0.257 e. The molecule has 0 bridgehead atoms. The topological polar surface area (TPSA) is 64.1 Å². The summed E-state index contributed by atoms with van der Waals surface area (Å²) in [4.78, 5) is 12.2. The van der Waals surface area contributed by atoms with Gasteiger partial charge in [0.15, 0.2) is 0 Å². The number of ether oxygens (including phenoxy) is 1. The second-order valence-corrected chi connectivity index (χ2v) is 6.35. The minimum atomic E-state index is -0.178. The van der Waals surface area contributed by atoms with Gasteiger partial charge in [0.05, 0.1) is 6.61 Å². The van der Waals surface area contributed by atoms with Crippen molar-refractivity contribution in [2.45, 2.75) is 46.0 Å². The van der Waals surface area contributed by atoms with Crippen LogP contribution in [0.25, 0.3) is 0 Å². The Labute approximate surface area is 141 Å². The fourth-order valence-corrected chi connectivity index (χ4v) is 2.72. The maximum Gasteiger partial charge on any atom is 0.257 e. The van der Waals surface area contributed by atoms with E-state index in [9.17, 15) is 4.79 Å². The highest BCUT2D eigenvalue weighted by Crippen LogP contribution is 2.19. The lowest BCUT2D eigenvalue weighted by molar-refractivity contribution is 0.102. The number of benzene rings is 1. The molecule has 0 aliphatic rings. The van der Waals surface area contributed by atoms with Gasteiger partial charge < -0.3 is 4.74 Å². The summed E-state index contributed by atoms with van der Waals surface area (Å²) in [5, 5.41) is 12.4. The molecule has 1 amide bonds. The van der Waals surface area contributed by atoms with Crippen molar-refractivity contribution >= 4 is 22.4 Å². The number of nitrogens with zero attached hydrogens (tertiary/aromatic N) is 2. The Bertz CT molecular complexity index is 611. The van der Waals surface area contributed by atoms with Crippen molar-refractivity contribution < 1.29 is 9.53 Å². The van der Waals surface area contributed by atoms with Crippen LogP contribution in [-0.4, -0.2) is 22.7 Å². The summed E-state index contributed by atoms with van der Waals surface area (Å²) in [6.45, 7) is 4.96. The molecule has 0 aliphatic carbocycles. The maximum atomic E-state index is 12.2. The molecule has 2 rings (SSSR count). The van der Waals surface area contributed by atoms with Gasteiger partial charge in [-0.1, -0.05) is 38.0 Å². The van der Waals surface area contributed by atoms with Gasteiger partial charge in [-0.3, -0.25) is 10.1 Å². The minimum absolute atomic E-state index is 0.178. The van der Waals surface area contributed by atoms with Gasteiger partial charge in [-0.05, 0) is 37.1 Å². The normalized spacial score (nSPS) is 10.5. The first-order chi connectivity index (χ1) is 11.2. The number of rotatable bonds is 9. The molecule has 0 radical (unpaired) electrons. The van der Waals surface area contributed by atoms with Crippen molar-refractivity contribution in [2.75, 3.05) is 11.9 Å². The predicted molar refractivity (Wildman–Crippen MR) is 93.3 cm³/mol. The highest BCUT2D eigenvalue weighted by molar-refractivity contribution is 7.15. The van der Waals surface area contributed by atoms with E-state index >= 15 is 0 Å². The van der Waals surface area contributed by atoms with Crippen LogP contribution in [0.4, 0.5) is 5.13 Å². The zero-order valence-electron chi connectivity index (χ0n) is 13.7. The minimum Gasteiger partial charge on any atom is -0.494 e. The molecule has 1 heterocycles. The molecule has 0 aliphatic heterocycles. The zero-order chi connectivity index (χ0) is 16.5. The summed E-state index contributed by atoms with van der Waals surface area (Å²) >= 11 is 1.43. The number of unbranched alkanes of at least 4 members (excludes halogenated alkanes) is 2. The van der Waals surface area contributed by atoms with Gasteiger partial charge in [0, 0.05) is 12.0 Å². The number of carbonyl (C=O) groups is 1. The molecule has 6 heteroatoms. The Morgan fingerprint density at radius 3 is 2.57 bits per heavy atom.